The smallest absolute Gasteiger partial charge is 0.157 e. The van der Waals surface area contributed by atoms with Crippen LogP contribution in [0.4, 0.5) is 0 Å². The fourth-order valence-electron chi connectivity index (χ4n) is 3.07. The van der Waals surface area contributed by atoms with Gasteiger partial charge in [-0.2, -0.15) is 0 Å². The van der Waals surface area contributed by atoms with Crippen molar-refractivity contribution in [1.29, 1.82) is 0 Å². The van der Waals surface area contributed by atoms with Crippen LogP contribution in [-0.4, -0.2) is 0 Å². The van der Waals surface area contributed by atoms with E-state index in [1.165, 1.54) is 75.5 Å². The topological polar surface area (TPSA) is 21.3 Å². The predicted octanol–water partition coefficient (Wildman–Crippen LogP) is 6.76. The minimum atomic E-state index is 0.906. The van der Waals surface area contributed by atoms with Crippen molar-refractivity contribution >= 4 is 6.08 Å². The first kappa shape index (κ1) is 18.6. The van der Waals surface area contributed by atoms with Crippen LogP contribution in [0.1, 0.15) is 83.1 Å². The van der Waals surface area contributed by atoms with Crippen molar-refractivity contribution in [3.63, 3.8) is 0 Å². The first-order valence-corrected chi connectivity index (χ1v) is 9.78. The van der Waals surface area contributed by atoms with Gasteiger partial charge in [-0.3, -0.25) is 0 Å². The lowest BCUT2D eigenvalue weighted by Gasteiger charge is -2.04. The molecule has 2 heteroatoms. The van der Waals surface area contributed by atoms with Crippen molar-refractivity contribution in [2.45, 2.75) is 77.6 Å². The van der Waals surface area contributed by atoms with Crippen molar-refractivity contribution in [2.75, 3.05) is 0 Å². The lowest BCUT2D eigenvalue weighted by atomic mass is 10.1. The summed E-state index contributed by atoms with van der Waals surface area (Å²) in [4.78, 5) is 5.53. The monoisotopic (exact) mass is 327 g/mol. The summed E-state index contributed by atoms with van der Waals surface area (Å²) < 4.78 is 0. The molecule has 0 fully saturated rings. The maximum atomic E-state index is 5.53. The summed E-state index contributed by atoms with van der Waals surface area (Å²) in [6.45, 7) is 2.28. The number of allylic oxidation sites excluding steroid dienone is 2. The van der Waals surface area contributed by atoms with Crippen LogP contribution in [0.15, 0.2) is 47.9 Å². The van der Waals surface area contributed by atoms with Crippen LogP contribution >= 0.6 is 0 Å². The Morgan fingerprint density at radius 2 is 1.46 bits per heavy atom. The lowest BCUT2D eigenvalue weighted by molar-refractivity contribution is 0.161. The molecule has 1 aromatic rings. The summed E-state index contributed by atoms with van der Waals surface area (Å²) in [5.74, 6) is 0.906. The van der Waals surface area contributed by atoms with Gasteiger partial charge in [0, 0.05) is 6.08 Å². The summed E-state index contributed by atoms with van der Waals surface area (Å²) in [5.41, 5.74) is 5.43. The van der Waals surface area contributed by atoms with Gasteiger partial charge in [0.15, 0.2) is 5.76 Å². The second-order valence-corrected chi connectivity index (χ2v) is 6.76. The van der Waals surface area contributed by atoms with Gasteiger partial charge in [0.2, 0.25) is 0 Å². The summed E-state index contributed by atoms with van der Waals surface area (Å²) >= 11 is 0. The molecule has 0 aromatic heterocycles. The van der Waals surface area contributed by atoms with Crippen LogP contribution in [0, 0.1) is 0 Å². The first-order chi connectivity index (χ1) is 11.9. The highest BCUT2D eigenvalue weighted by Crippen LogP contribution is 2.19. The van der Waals surface area contributed by atoms with E-state index in [1.54, 1.807) is 0 Å². The maximum Gasteiger partial charge on any atom is 0.157 e. The SMILES string of the molecule is CCCCCCCCCCCCC1=CC(=Cc2ccccc2)ON1. The molecule has 0 amide bonds. The number of rotatable bonds is 12. The zero-order chi connectivity index (χ0) is 16.9. The zero-order valence-electron chi connectivity index (χ0n) is 15.2. The molecule has 132 valence electrons. The standard InChI is InChI=1S/C22H33NO/c1-2-3-4-5-6-7-8-9-10-14-17-21-19-22(24-23-21)18-20-15-12-11-13-16-20/h11-13,15-16,18-19,23H,2-10,14,17H2,1H3. The fourth-order valence-corrected chi connectivity index (χ4v) is 3.07. The number of hydroxylamine groups is 1. The van der Waals surface area contributed by atoms with Gasteiger partial charge in [-0.25, -0.2) is 5.48 Å². The van der Waals surface area contributed by atoms with Gasteiger partial charge in [0.05, 0.1) is 5.70 Å². The quantitative estimate of drug-likeness (QED) is 0.428. The minimum absolute atomic E-state index is 0.906. The largest absolute Gasteiger partial charge is 0.382 e. The highest BCUT2D eigenvalue weighted by atomic mass is 16.7. The van der Waals surface area contributed by atoms with Crippen LogP contribution in [0.5, 0.6) is 0 Å². The van der Waals surface area contributed by atoms with E-state index in [9.17, 15) is 0 Å². The van der Waals surface area contributed by atoms with E-state index in [-0.39, 0.29) is 0 Å². The molecule has 1 aliphatic rings. The third-order valence-corrected chi connectivity index (χ3v) is 4.52. The summed E-state index contributed by atoms with van der Waals surface area (Å²) in [7, 11) is 0. The molecule has 0 radical (unpaired) electrons. The Balaban J connectivity index is 1.52. The average molecular weight is 328 g/mol. The molecule has 24 heavy (non-hydrogen) atoms. The Morgan fingerprint density at radius 3 is 2.12 bits per heavy atom. The van der Waals surface area contributed by atoms with Crippen molar-refractivity contribution in [3.8, 4) is 0 Å². The van der Waals surface area contributed by atoms with Gasteiger partial charge in [0.25, 0.3) is 0 Å². The third kappa shape index (κ3) is 7.72. The maximum absolute atomic E-state index is 5.53. The molecule has 0 atom stereocenters. The second kappa shape index (κ2) is 11.8. The molecule has 0 bridgehead atoms. The Morgan fingerprint density at radius 1 is 0.833 bits per heavy atom. The molecule has 2 rings (SSSR count). The number of hydrogen-bond donors (Lipinski definition) is 1. The second-order valence-electron chi connectivity index (χ2n) is 6.76. The average Bonchev–Trinajstić information content (AvgIpc) is 3.05. The van der Waals surface area contributed by atoms with E-state index in [0.717, 1.165) is 12.2 Å². The lowest BCUT2D eigenvalue weighted by Crippen LogP contribution is -2.05. The van der Waals surface area contributed by atoms with Crippen LogP contribution < -0.4 is 5.48 Å². The van der Waals surface area contributed by atoms with E-state index >= 15 is 0 Å². The van der Waals surface area contributed by atoms with E-state index in [0.29, 0.717) is 0 Å². The third-order valence-electron chi connectivity index (χ3n) is 4.52. The molecule has 0 saturated carbocycles. The van der Waals surface area contributed by atoms with Crippen LogP contribution in [0.25, 0.3) is 6.08 Å². The van der Waals surface area contributed by atoms with Crippen molar-refractivity contribution in [3.05, 3.63) is 53.4 Å². The van der Waals surface area contributed by atoms with Gasteiger partial charge in [-0.1, -0.05) is 95.0 Å². The molecule has 0 aliphatic carbocycles. The molecule has 0 spiro atoms. The molecule has 1 aromatic carbocycles. The van der Waals surface area contributed by atoms with Gasteiger partial charge < -0.3 is 4.84 Å². The van der Waals surface area contributed by atoms with Crippen molar-refractivity contribution in [2.24, 2.45) is 0 Å². The number of unbranched alkanes of at least 4 members (excludes halogenated alkanes) is 9. The first-order valence-electron chi connectivity index (χ1n) is 9.78. The molecule has 1 aliphatic heterocycles. The van der Waals surface area contributed by atoms with Gasteiger partial charge in [-0.15, -0.1) is 0 Å². The van der Waals surface area contributed by atoms with Gasteiger partial charge >= 0.3 is 0 Å². The minimum Gasteiger partial charge on any atom is -0.382 e. The van der Waals surface area contributed by atoms with Crippen molar-refractivity contribution < 1.29 is 4.84 Å². The molecular weight excluding hydrogens is 294 g/mol. The van der Waals surface area contributed by atoms with Gasteiger partial charge in [-0.05, 0) is 24.5 Å². The van der Waals surface area contributed by atoms with Crippen LogP contribution in [0.2, 0.25) is 0 Å². The van der Waals surface area contributed by atoms with E-state index in [2.05, 4.69) is 36.7 Å². The molecular formula is C22H33NO. The number of hydrogen-bond acceptors (Lipinski definition) is 2. The molecule has 0 saturated heterocycles. The Bertz CT molecular complexity index is 504. The Kier molecular flexibility index (Phi) is 9.15. The predicted molar refractivity (Wildman–Crippen MR) is 103 cm³/mol. The van der Waals surface area contributed by atoms with Crippen molar-refractivity contribution in [1.82, 2.24) is 5.48 Å². The summed E-state index contributed by atoms with van der Waals surface area (Å²) in [5, 5.41) is 0. The van der Waals surface area contributed by atoms with Gasteiger partial charge in [0.1, 0.15) is 0 Å². The van der Waals surface area contributed by atoms with Crippen LogP contribution in [0.3, 0.4) is 0 Å². The Hall–Kier alpha value is -1.70. The Labute approximate surface area is 148 Å². The molecule has 1 heterocycles. The number of benzene rings is 1. The zero-order valence-corrected chi connectivity index (χ0v) is 15.2. The normalized spacial score (nSPS) is 15.2. The molecule has 2 nitrogen and oxygen atoms in total. The summed E-state index contributed by atoms with van der Waals surface area (Å²) in [6.07, 6.45) is 19.1. The highest BCUT2D eigenvalue weighted by molar-refractivity contribution is 5.54. The van der Waals surface area contributed by atoms with E-state index < -0.39 is 0 Å². The molecule has 0 unspecified atom stereocenters. The molecule has 1 N–H and O–H groups in total. The summed E-state index contributed by atoms with van der Waals surface area (Å²) in [6, 6.07) is 10.3. The number of nitrogens with one attached hydrogen (secondary N) is 1. The fraction of sp³-hybridized carbons (Fsp3) is 0.545. The van der Waals surface area contributed by atoms with E-state index in [4.69, 9.17) is 4.84 Å². The van der Waals surface area contributed by atoms with E-state index in [1.807, 2.05) is 18.2 Å². The highest BCUT2D eigenvalue weighted by Gasteiger charge is 2.09. The van der Waals surface area contributed by atoms with Crippen LogP contribution in [-0.2, 0) is 4.84 Å².